The Kier molecular flexibility index (Phi) is 12.1. The molecule has 250 valence electrons. The average Bonchev–Trinajstić information content (AvgIpc) is 3.38. The normalized spacial score (nSPS) is 13.4. The van der Waals surface area contributed by atoms with Crippen molar-refractivity contribution < 1.29 is 9.66 Å². The number of ether oxygens (including phenoxy) is 1. The van der Waals surface area contributed by atoms with Gasteiger partial charge in [-0.25, -0.2) is 0 Å². The summed E-state index contributed by atoms with van der Waals surface area (Å²) in [5.41, 5.74) is 10.2. The number of hydrogen-bond donors (Lipinski definition) is 0. The third kappa shape index (κ3) is 8.16. The molecule has 0 fully saturated rings. The lowest BCUT2D eigenvalue weighted by molar-refractivity contribution is -0.384. The first-order valence-corrected chi connectivity index (χ1v) is 18.0. The SMILES string of the molecule is CCCCCCC1(CCCCCC)c2ccccc2-c2c(/C=C/c3ccc([N+](=O)[O-])cc3)ccc(/C=C/c3ccc(OC(C)C)cc3)c21. The van der Waals surface area contributed by atoms with Gasteiger partial charge in [-0.15, -0.1) is 0 Å². The van der Waals surface area contributed by atoms with Crippen LogP contribution in [0.2, 0.25) is 0 Å². The maximum atomic E-state index is 11.2. The first kappa shape index (κ1) is 34.9. The van der Waals surface area contributed by atoms with Crippen LogP contribution in [0.1, 0.15) is 125 Å². The molecule has 0 amide bonds. The van der Waals surface area contributed by atoms with Crippen LogP contribution in [-0.2, 0) is 5.41 Å². The molecule has 0 atom stereocenters. The lowest BCUT2D eigenvalue weighted by Gasteiger charge is -2.34. The highest BCUT2D eigenvalue weighted by Crippen LogP contribution is 2.57. The van der Waals surface area contributed by atoms with Gasteiger partial charge < -0.3 is 4.74 Å². The molecule has 0 heterocycles. The molecule has 4 aromatic rings. The third-order valence-corrected chi connectivity index (χ3v) is 9.64. The predicted molar refractivity (Wildman–Crippen MR) is 203 cm³/mol. The summed E-state index contributed by atoms with van der Waals surface area (Å²) in [5, 5.41) is 11.2. The quantitative estimate of drug-likeness (QED) is 0.0499. The second-order valence-electron chi connectivity index (χ2n) is 13.5. The second-order valence-corrected chi connectivity index (χ2v) is 13.5. The maximum Gasteiger partial charge on any atom is 0.269 e. The number of fused-ring (bicyclic) bond motifs is 3. The van der Waals surface area contributed by atoms with Gasteiger partial charge in [-0.2, -0.15) is 0 Å². The van der Waals surface area contributed by atoms with E-state index in [0.29, 0.717) is 0 Å². The van der Waals surface area contributed by atoms with Gasteiger partial charge in [0.05, 0.1) is 11.0 Å². The first-order chi connectivity index (χ1) is 23.4. The summed E-state index contributed by atoms with van der Waals surface area (Å²) >= 11 is 0. The number of benzene rings is 4. The van der Waals surface area contributed by atoms with Crippen molar-refractivity contribution in [2.45, 2.75) is 103 Å². The van der Waals surface area contributed by atoms with Crippen molar-refractivity contribution >= 4 is 30.0 Å². The Morgan fingerprint density at radius 3 is 1.83 bits per heavy atom. The van der Waals surface area contributed by atoms with Crippen LogP contribution in [0.4, 0.5) is 5.69 Å². The van der Waals surface area contributed by atoms with Gasteiger partial charge in [0.1, 0.15) is 5.75 Å². The molecule has 1 aliphatic rings. The van der Waals surface area contributed by atoms with Crippen LogP contribution in [0.5, 0.6) is 5.75 Å². The topological polar surface area (TPSA) is 52.4 Å². The zero-order valence-electron chi connectivity index (χ0n) is 29.2. The zero-order valence-corrected chi connectivity index (χ0v) is 29.2. The van der Waals surface area contributed by atoms with E-state index < -0.39 is 0 Å². The van der Waals surface area contributed by atoms with Crippen molar-refractivity contribution in [3.05, 3.63) is 128 Å². The fourth-order valence-corrected chi connectivity index (χ4v) is 7.33. The summed E-state index contributed by atoms with van der Waals surface area (Å²) in [7, 11) is 0. The van der Waals surface area contributed by atoms with Crippen LogP contribution in [0.15, 0.2) is 84.9 Å². The van der Waals surface area contributed by atoms with Crippen LogP contribution < -0.4 is 4.74 Å². The van der Waals surface area contributed by atoms with Crippen molar-refractivity contribution in [3.8, 4) is 16.9 Å². The molecule has 0 N–H and O–H groups in total. The van der Waals surface area contributed by atoms with Gasteiger partial charge in [0.2, 0.25) is 0 Å². The molecule has 0 saturated heterocycles. The van der Waals surface area contributed by atoms with Gasteiger partial charge in [0.15, 0.2) is 0 Å². The lowest BCUT2D eigenvalue weighted by Crippen LogP contribution is -2.26. The van der Waals surface area contributed by atoms with Gasteiger partial charge in [-0.1, -0.05) is 138 Å². The highest BCUT2D eigenvalue weighted by Gasteiger charge is 2.44. The largest absolute Gasteiger partial charge is 0.491 e. The molecule has 0 spiro atoms. The van der Waals surface area contributed by atoms with Gasteiger partial charge in [-0.05, 0) is 95.5 Å². The van der Waals surface area contributed by atoms with E-state index in [2.05, 4.69) is 98.8 Å². The minimum Gasteiger partial charge on any atom is -0.491 e. The van der Waals surface area contributed by atoms with Crippen LogP contribution >= 0.6 is 0 Å². The van der Waals surface area contributed by atoms with Gasteiger partial charge >= 0.3 is 0 Å². The first-order valence-electron chi connectivity index (χ1n) is 18.0. The van der Waals surface area contributed by atoms with E-state index in [9.17, 15) is 10.1 Å². The monoisotopic (exact) mass is 641 g/mol. The van der Waals surface area contributed by atoms with E-state index in [4.69, 9.17) is 4.74 Å². The Balaban J connectivity index is 1.64. The van der Waals surface area contributed by atoms with Crippen LogP contribution in [0.3, 0.4) is 0 Å². The summed E-state index contributed by atoms with van der Waals surface area (Å²) in [6.45, 7) is 8.67. The molecule has 1 aliphatic carbocycles. The summed E-state index contributed by atoms with van der Waals surface area (Å²) in [5.74, 6) is 0.890. The molecular weight excluding hydrogens is 590 g/mol. The zero-order chi connectivity index (χ0) is 33.9. The number of hydrogen-bond acceptors (Lipinski definition) is 3. The summed E-state index contributed by atoms with van der Waals surface area (Å²) in [4.78, 5) is 10.9. The molecule has 4 heteroatoms. The Hall–Kier alpha value is -4.44. The Morgan fingerprint density at radius 1 is 0.688 bits per heavy atom. The number of nitrogens with zero attached hydrogens (tertiary/aromatic N) is 1. The molecule has 0 aliphatic heterocycles. The van der Waals surface area contributed by atoms with E-state index in [1.807, 2.05) is 26.0 Å². The van der Waals surface area contributed by atoms with Crippen molar-refractivity contribution in [2.75, 3.05) is 0 Å². The van der Waals surface area contributed by atoms with E-state index in [1.54, 1.807) is 12.1 Å². The van der Waals surface area contributed by atoms with Crippen LogP contribution in [0.25, 0.3) is 35.4 Å². The average molecular weight is 642 g/mol. The number of rotatable bonds is 17. The Morgan fingerprint density at radius 2 is 1.25 bits per heavy atom. The molecular formula is C44H51NO3. The molecule has 4 aromatic carbocycles. The second kappa shape index (κ2) is 16.6. The van der Waals surface area contributed by atoms with Crippen molar-refractivity contribution in [1.29, 1.82) is 0 Å². The fraction of sp³-hybridized carbons (Fsp3) is 0.364. The minimum absolute atomic E-state index is 0.0563. The van der Waals surface area contributed by atoms with E-state index in [1.165, 1.54) is 84.7 Å². The molecule has 48 heavy (non-hydrogen) atoms. The molecule has 4 nitrogen and oxygen atoms in total. The number of unbranched alkanes of at least 4 members (excludes halogenated alkanes) is 6. The number of nitro groups is 1. The summed E-state index contributed by atoms with van der Waals surface area (Å²) in [6.07, 6.45) is 21.2. The maximum absolute atomic E-state index is 11.2. The highest BCUT2D eigenvalue weighted by atomic mass is 16.6. The van der Waals surface area contributed by atoms with Crippen molar-refractivity contribution in [2.24, 2.45) is 0 Å². The fourth-order valence-electron chi connectivity index (χ4n) is 7.33. The van der Waals surface area contributed by atoms with Crippen LogP contribution in [0, 0.1) is 10.1 Å². The van der Waals surface area contributed by atoms with Gasteiger partial charge in [0.25, 0.3) is 5.69 Å². The molecule has 0 radical (unpaired) electrons. The third-order valence-electron chi connectivity index (χ3n) is 9.64. The minimum atomic E-state index is -0.349. The number of nitro benzene ring substituents is 1. The Bertz CT molecular complexity index is 1700. The van der Waals surface area contributed by atoms with E-state index in [0.717, 1.165) is 29.7 Å². The smallest absolute Gasteiger partial charge is 0.269 e. The number of non-ortho nitro benzene ring substituents is 1. The van der Waals surface area contributed by atoms with Crippen LogP contribution in [-0.4, -0.2) is 11.0 Å². The molecule has 0 aromatic heterocycles. The molecule has 0 unspecified atom stereocenters. The molecule has 0 saturated carbocycles. The molecule has 5 rings (SSSR count). The summed E-state index contributed by atoms with van der Waals surface area (Å²) < 4.78 is 5.89. The predicted octanol–water partition coefficient (Wildman–Crippen LogP) is 12.9. The molecule has 0 bridgehead atoms. The standard InChI is InChI=1S/C44H51NO3/c1-5-7-9-13-31-44(32-14-10-8-6-2)41-16-12-11-15-40(41)42-36(23-17-34-19-27-38(28-20-34)45(46)47)25-26-37(43(42)44)24-18-35-21-29-39(30-22-35)48-33(3)4/h11-12,15-30,33H,5-10,13-14,31-32H2,1-4H3/b23-17+,24-18+. The van der Waals surface area contributed by atoms with E-state index >= 15 is 0 Å². The van der Waals surface area contributed by atoms with Crippen molar-refractivity contribution in [1.82, 2.24) is 0 Å². The van der Waals surface area contributed by atoms with Gasteiger partial charge in [-0.3, -0.25) is 10.1 Å². The van der Waals surface area contributed by atoms with E-state index in [-0.39, 0.29) is 22.1 Å². The van der Waals surface area contributed by atoms with Gasteiger partial charge in [0, 0.05) is 17.5 Å². The highest BCUT2D eigenvalue weighted by molar-refractivity contribution is 5.93. The summed E-state index contributed by atoms with van der Waals surface area (Å²) in [6, 6.07) is 28.8. The Labute approximate surface area is 287 Å². The van der Waals surface area contributed by atoms with Crippen molar-refractivity contribution in [3.63, 3.8) is 0 Å². The lowest BCUT2D eigenvalue weighted by atomic mass is 9.69.